The summed E-state index contributed by atoms with van der Waals surface area (Å²) in [4.78, 5) is 21.8. The molecule has 1 rings (SSSR count). The maximum absolute atomic E-state index is 11.0. The van der Waals surface area contributed by atoms with Crippen LogP contribution >= 0.6 is 0 Å². The number of aromatic carboxylic acids is 2. The van der Waals surface area contributed by atoms with Crippen molar-refractivity contribution in [3.8, 4) is 5.75 Å². The molecule has 0 bridgehead atoms. The van der Waals surface area contributed by atoms with E-state index in [0.717, 1.165) is 18.2 Å². The Bertz CT molecular complexity index is 634. The summed E-state index contributed by atoms with van der Waals surface area (Å²) in [5.41, 5.74) is -2.42. The van der Waals surface area contributed by atoms with Crippen LogP contribution in [0.3, 0.4) is 0 Å². The molecule has 1 aromatic rings. The van der Waals surface area contributed by atoms with E-state index in [-0.39, 0.29) is 17.7 Å². The van der Waals surface area contributed by atoms with Gasteiger partial charge >= 0.3 is 22.1 Å². The number of rotatable bonds is 6. The van der Waals surface area contributed by atoms with Gasteiger partial charge in [0.1, 0.15) is 11.3 Å². The molecule has 1 unspecified atom stereocenters. The third-order valence-corrected chi connectivity index (χ3v) is 3.47. The van der Waals surface area contributed by atoms with Gasteiger partial charge in [-0.25, -0.2) is 9.59 Å². The van der Waals surface area contributed by atoms with Crippen molar-refractivity contribution in [2.45, 2.75) is 18.8 Å². The lowest BCUT2D eigenvalue weighted by atomic mass is 10.1. The van der Waals surface area contributed by atoms with Crippen LogP contribution in [0.15, 0.2) is 18.2 Å². The number of carboxylic acid groups (broad SMARTS) is 2. The third kappa shape index (κ3) is 3.68. The Morgan fingerprint density at radius 2 is 1.85 bits per heavy atom. The summed E-state index contributed by atoms with van der Waals surface area (Å²) in [5.74, 6) is -3.15. The monoisotopic (exact) mass is 304 g/mol. The Labute approximate surface area is 114 Å². The highest BCUT2D eigenvalue weighted by Gasteiger charge is 2.25. The van der Waals surface area contributed by atoms with Gasteiger partial charge in [-0.1, -0.05) is 6.92 Å². The molecule has 0 aliphatic heterocycles. The van der Waals surface area contributed by atoms with Crippen molar-refractivity contribution in [2.24, 2.45) is 0 Å². The maximum Gasteiger partial charge on any atom is 0.339 e. The zero-order valence-electron chi connectivity index (χ0n) is 10.3. The Kier molecular flexibility index (Phi) is 4.69. The van der Waals surface area contributed by atoms with Crippen LogP contribution in [0.4, 0.5) is 0 Å². The molecule has 1 aromatic carbocycles. The summed E-state index contributed by atoms with van der Waals surface area (Å²) in [6.07, 6.45) is -0.113. The third-order valence-electron chi connectivity index (χ3n) is 2.38. The number of carboxylic acids is 2. The Balaban J connectivity index is 3.25. The van der Waals surface area contributed by atoms with Crippen LogP contribution in [0, 0.1) is 0 Å². The van der Waals surface area contributed by atoms with E-state index in [9.17, 15) is 18.0 Å². The largest absolute Gasteiger partial charge is 0.478 e. The van der Waals surface area contributed by atoms with E-state index in [1.807, 2.05) is 0 Å². The molecule has 3 N–H and O–H groups in total. The molecule has 0 spiro atoms. The molecular weight excluding hydrogens is 292 g/mol. The highest BCUT2D eigenvalue weighted by molar-refractivity contribution is 7.86. The molecular formula is C11H12O8S. The van der Waals surface area contributed by atoms with Crippen LogP contribution in [0.2, 0.25) is 0 Å². The van der Waals surface area contributed by atoms with Crippen molar-refractivity contribution in [3.63, 3.8) is 0 Å². The summed E-state index contributed by atoms with van der Waals surface area (Å²) >= 11 is 0. The fourth-order valence-corrected chi connectivity index (χ4v) is 2.08. The fraction of sp³-hybridized carbons (Fsp3) is 0.273. The average molecular weight is 304 g/mol. The minimum Gasteiger partial charge on any atom is -0.478 e. The van der Waals surface area contributed by atoms with E-state index in [4.69, 9.17) is 19.5 Å². The van der Waals surface area contributed by atoms with Crippen LogP contribution < -0.4 is 4.74 Å². The lowest BCUT2D eigenvalue weighted by molar-refractivity contribution is 0.0690. The molecule has 0 heterocycles. The van der Waals surface area contributed by atoms with Gasteiger partial charge < -0.3 is 14.9 Å². The molecule has 0 aromatic heterocycles. The van der Waals surface area contributed by atoms with Gasteiger partial charge in [0.25, 0.3) is 0 Å². The smallest absolute Gasteiger partial charge is 0.339 e. The highest BCUT2D eigenvalue weighted by Crippen LogP contribution is 2.23. The van der Waals surface area contributed by atoms with Gasteiger partial charge in [0, 0.05) is 0 Å². The Morgan fingerprint density at radius 1 is 1.25 bits per heavy atom. The molecule has 0 radical (unpaired) electrons. The van der Waals surface area contributed by atoms with E-state index in [0.29, 0.717) is 0 Å². The molecule has 20 heavy (non-hydrogen) atoms. The van der Waals surface area contributed by atoms with Crippen LogP contribution in [0.1, 0.15) is 34.1 Å². The van der Waals surface area contributed by atoms with Crippen molar-refractivity contribution in [3.05, 3.63) is 29.3 Å². The van der Waals surface area contributed by atoms with E-state index >= 15 is 0 Å². The van der Waals surface area contributed by atoms with Crippen molar-refractivity contribution in [2.75, 3.05) is 0 Å². The molecule has 0 amide bonds. The summed E-state index contributed by atoms with van der Waals surface area (Å²) < 4.78 is 35.9. The van der Waals surface area contributed by atoms with Gasteiger partial charge in [0.15, 0.2) is 0 Å². The summed E-state index contributed by atoms with van der Waals surface area (Å²) in [6.45, 7) is 1.42. The topological polar surface area (TPSA) is 138 Å². The Morgan fingerprint density at radius 3 is 2.25 bits per heavy atom. The van der Waals surface area contributed by atoms with Gasteiger partial charge in [-0.05, 0) is 24.6 Å². The van der Waals surface area contributed by atoms with Crippen LogP contribution in [0.25, 0.3) is 0 Å². The maximum atomic E-state index is 11.0. The van der Waals surface area contributed by atoms with Crippen LogP contribution in [-0.4, -0.2) is 40.6 Å². The minimum atomic E-state index is -4.51. The number of carbonyl (C=O) groups is 2. The van der Waals surface area contributed by atoms with Crippen LogP contribution in [-0.2, 0) is 10.1 Å². The number of hydrogen-bond acceptors (Lipinski definition) is 5. The van der Waals surface area contributed by atoms with Crippen LogP contribution in [0.5, 0.6) is 5.75 Å². The van der Waals surface area contributed by atoms with E-state index in [1.165, 1.54) is 6.92 Å². The lowest BCUT2D eigenvalue weighted by Gasteiger charge is -2.16. The van der Waals surface area contributed by atoms with Gasteiger partial charge in [0.05, 0.1) is 5.56 Å². The first kappa shape index (κ1) is 15.9. The van der Waals surface area contributed by atoms with Crippen molar-refractivity contribution in [1.82, 2.24) is 0 Å². The average Bonchev–Trinajstić information content (AvgIpc) is 2.33. The zero-order valence-corrected chi connectivity index (χ0v) is 11.1. The quantitative estimate of drug-likeness (QED) is 0.664. The molecule has 110 valence electrons. The first-order valence-electron chi connectivity index (χ1n) is 5.40. The van der Waals surface area contributed by atoms with E-state index in [2.05, 4.69) is 0 Å². The second-order valence-electron chi connectivity index (χ2n) is 3.79. The summed E-state index contributed by atoms with van der Waals surface area (Å²) in [5, 5.41) is 17.7. The SMILES string of the molecule is CCC(Oc1ccc(C(=O)O)cc1C(=O)O)S(=O)(=O)O. The lowest BCUT2D eigenvalue weighted by Crippen LogP contribution is -2.26. The minimum absolute atomic E-state index is 0.113. The molecule has 1 atom stereocenters. The molecule has 0 fully saturated rings. The van der Waals surface area contributed by atoms with Gasteiger partial charge in [-0.15, -0.1) is 0 Å². The number of benzene rings is 1. The van der Waals surface area contributed by atoms with Crippen molar-refractivity contribution in [1.29, 1.82) is 0 Å². The molecule has 0 aliphatic carbocycles. The van der Waals surface area contributed by atoms with Gasteiger partial charge in [-0.2, -0.15) is 8.42 Å². The summed E-state index contributed by atoms with van der Waals surface area (Å²) in [7, 11) is -4.51. The molecule has 0 saturated carbocycles. The first-order chi connectivity index (χ1) is 9.16. The normalized spacial score (nSPS) is 12.7. The zero-order chi connectivity index (χ0) is 15.5. The van der Waals surface area contributed by atoms with Crippen molar-refractivity contribution >= 4 is 22.1 Å². The molecule has 0 aliphatic rings. The van der Waals surface area contributed by atoms with Gasteiger partial charge in [-0.3, -0.25) is 4.55 Å². The van der Waals surface area contributed by atoms with Crippen molar-refractivity contribution < 1.29 is 37.5 Å². The van der Waals surface area contributed by atoms with Gasteiger partial charge in [0.2, 0.25) is 5.44 Å². The highest BCUT2D eigenvalue weighted by atomic mass is 32.2. The van der Waals surface area contributed by atoms with E-state index < -0.39 is 33.1 Å². The first-order valence-corrected chi connectivity index (χ1v) is 6.90. The Hall–Kier alpha value is -2.13. The number of ether oxygens (including phenoxy) is 1. The number of hydrogen-bond donors (Lipinski definition) is 3. The molecule has 8 nitrogen and oxygen atoms in total. The summed E-state index contributed by atoms with van der Waals surface area (Å²) in [6, 6.07) is 2.94. The predicted molar refractivity (Wildman–Crippen MR) is 66.6 cm³/mol. The van der Waals surface area contributed by atoms with E-state index in [1.54, 1.807) is 0 Å². The standard InChI is InChI=1S/C11H12O8S/c1-2-9(20(16,17)18)19-8-4-3-6(10(12)13)5-7(8)11(14)15/h3-5,9H,2H2,1H3,(H,12,13)(H,14,15)(H,16,17,18). The molecule has 0 saturated heterocycles. The predicted octanol–water partition coefficient (Wildman–Crippen LogP) is 1.09. The second-order valence-corrected chi connectivity index (χ2v) is 5.35. The fourth-order valence-electron chi connectivity index (χ4n) is 1.43. The molecule has 9 heteroatoms. The second kappa shape index (κ2) is 5.88.